The topological polar surface area (TPSA) is 30.2 Å². The van der Waals surface area contributed by atoms with Gasteiger partial charge in [-0.1, -0.05) is 12.1 Å². The molecule has 0 radical (unpaired) electrons. The second-order valence-corrected chi connectivity index (χ2v) is 3.29. The molecular formula is C12H9FO2. The maximum Gasteiger partial charge on any atom is 0.153 e. The predicted molar refractivity (Wildman–Crippen MR) is 54.2 cm³/mol. The van der Waals surface area contributed by atoms with Crippen LogP contribution in [0.15, 0.2) is 35.1 Å². The number of hydrogen-bond donors (Lipinski definition) is 0. The molecule has 0 aliphatic rings. The molecule has 15 heavy (non-hydrogen) atoms. The normalized spacial score (nSPS) is 10.3. The second-order valence-electron chi connectivity index (χ2n) is 3.29. The highest BCUT2D eigenvalue weighted by atomic mass is 19.1. The van der Waals surface area contributed by atoms with Crippen molar-refractivity contribution in [2.75, 3.05) is 0 Å². The van der Waals surface area contributed by atoms with Crippen LogP contribution in [-0.4, -0.2) is 6.29 Å². The van der Waals surface area contributed by atoms with Gasteiger partial charge >= 0.3 is 0 Å². The van der Waals surface area contributed by atoms with Gasteiger partial charge in [0.2, 0.25) is 0 Å². The fourth-order valence-electron chi connectivity index (χ4n) is 1.53. The summed E-state index contributed by atoms with van der Waals surface area (Å²) in [7, 11) is 0. The fourth-order valence-corrected chi connectivity index (χ4v) is 1.53. The van der Waals surface area contributed by atoms with Gasteiger partial charge in [0.05, 0.1) is 18.1 Å². The van der Waals surface area contributed by atoms with E-state index < -0.39 is 5.82 Å². The van der Waals surface area contributed by atoms with Gasteiger partial charge in [0.25, 0.3) is 0 Å². The van der Waals surface area contributed by atoms with E-state index in [4.69, 9.17) is 4.42 Å². The number of furan rings is 1. The average Bonchev–Trinajstić information content (AvgIpc) is 2.64. The van der Waals surface area contributed by atoms with E-state index >= 15 is 0 Å². The molecular weight excluding hydrogens is 195 g/mol. The zero-order chi connectivity index (χ0) is 10.8. The largest absolute Gasteiger partial charge is 0.472 e. The van der Waals surface area contributed by atoms with E-state index in [2.05, 4.69) is 0 Å². The van der Waals surface area contributed by atoms with Crippen molar-refractivity contribution in [1.82, 2.24) is 0 Å². The molecule has 0 fully saturated rings. The van der Waals surface area contributed by atoms with Gasteiger partial charge in [-0.05, 0) is 24.1 Å². The van der Waals surface area contributed by atoms with E-state index in [9.17, 15) is 9.18 Å². The number of aryl methyl sites for hydroxylation is 1. The Kier molecular flexibility index (Phi) is 2.37. The Morgan fingerprint density at radius 2 is 2.07 bits per heavy atom. The molecule has 2 rings (SSSR count). The van der Waals surface area contributed by atoms with Gasteiger partial charge < -0.3 is 4.42 Å². The molecule has 0 N–H and O–H groups in total. The molecule has 0 spiro atoms. The van der Waals surface area contributed by atoms with Crippen LogP contribution in [0.3, 0.4) is 0 Å². The first-order valence-corrected chi connectivity index (χ1v) is 4.51. The van der Waals surface area contributed by atoms with E-state index in [1.807, 2.05) is 6.92 Å². The number of benzene rings is 1. The van der Waals surface area contributed by atoms with E-state index in [0.29, 0.717) is 11.8 Å². The summed E-state index contributed by atoms with van der Waals surface area (Å²) in [5.74, 6) is -0.511. The van der Waals surface area contributed by atoms with Crippen LogP contribution >= 0.6 is 0 Å². The van der Waals surface area contributed by atoms with Crippen molar-refractivity contribution in [1.29, 1.82) is 0 Å². The van der Waals surface area contributed by atoms with Crippen LogP contribution in [0.5, 0.6) is 0 Å². The molecule has 2 aromatic rings. The van der Waals surface area contributed by atoms with E-state index in [-0.39, 0.29) is 5.56 Å². The summed E-state index contributed by atoms with van der Waals surface area (Å²) in [5, 5.41) is 0. The summed E-state index contributed by atoms with van der Waals surface area (Å²) in [6, 6.07) is 4.54. The lowest BCUT2D eigenvalue weighted by Crippen LogP contribution is -1.92. The van der Waals surface area contributed by atoms with Crippen LogP contribution in [0.25, 0.3) is 11.1 Å². The SMILES string of the molecule is Cc1cocc1-c1cccc(F)c1C=O. The van der Waals surface area contributed by atoms with Crippen molar-refractivity contribution < 1.29 is 13.6 Å². The number of rotatable bonds is 2. The van der Waals surface area contributed by atoms with Crippen LogP contribution in [-0.2, 0) is 0 Å². The maximum atomic E-state index is 13.3. The first-order chi connectivity index (χ1) is 7.24. The Bertz CT molecular complexity index is 500. The summed E-state index contributed by atoms with van der Waals surface area (Å²) in [4.78, 5) is 10.8. The van der Waals surface area contributed by atoms with Gasteiger partial charge in [-0.2, -0.15) is 0 Å². The van der Waals surface area contributed by atoms with Crippen molar-refractivity contribution in [3.05, 3.63) is 47.7 Å². The van der Waals surface area contributed by atoms with Crippen molar-refractivity contribution in [2.24, 2.45) is 0 Å². The van der Waals surface area contributed by atoms with Gasteiger partial charge in [-0.3, -0.25) is 4.79 Å². The molecule has 1 aromatic carbocycles. The van der Waals surface area contributed by atoms with Crippen LogP contribution < -0.4 is 0 Å². The molecule has 0 unspecified atom stereocenters. The molecule has 1 aromatic heterocycles. The molecule has 1 heterocycles. The lowest BCUT2D eigenvalue weighted by atomic mass is 10.00. The number of carbonyl (C=O) groups excluding carboxylic acids is 1. The third-order valence-corrected chi connectivity index (χ3v) is 2.32. The third kappa shape index (κ3) is 1.56. The summed E-state index contributed by atoms with van der Waals surface area (Å²) in [6.07, 6.45) is 3.60. The quantitative estimate of drug-likeness (QED) is 0.703. The molecule has 0 atom stereocenters. The minimum absolute atomic E-state index is 0.0713. The molecule has 0 aliphatic carbocycles. The molecule has 0 saturated heterocycles. The minimum atomic E-state index is -0.511. The molecule has 2 nitrogen and oxygen atoms in total. The molecule has 76 valence electrons. The molecule has 0 bridgehead atoms. The van der Waals surface area contributed by atoms with Gasteiger partial charge in [-0.15, -0.1) is 0 Å². The van der Waals surface area contributed by atoms with Crippen molar-refractivity contribution in [2.45, 2.75) is 6.92 Å². The minimum Gasteiger partial charge on any atom is -0.472 e. The van der Waals surface area contributed by atoms with Crippen LogP contribution in [0.2, 0.25) is 0 Å². The second kappa shape index (κ2) is 3.69. The summed E-state index contributed by atoms with van der Waals surface area (Å²) < 4.78 is 18.3. The van der Waals surface area contributed by atoms with E-state index in [0.717, 1.165) is 11.1 Å². The Morgan fingerprint density at radius 1 is 1.27 bits per heavy atom. The predicted octanol–water partition coefficient (Wildman–Crippen LogP) is 3.21. The van der Waals surface area contributed by atoms with Crippen molar-refractivity contribution in [3.8, 4) is 11.1 Å². The third-order valence-electron chi connectivity index (χ3n) is 2.32. The monoisotopic (exact) mass is 204 g/mol. The molecule has 0 aliphatic heterocycles. The fraction of sp³-hybridized carbons (Fsp3) is 0.0833. The highest BCUT2D eigenvalue weighted by Crippen LogP contribution is 2.27. The highest BCUT2D eigenvalue weighted by Gasteiger charge is 2.12. The van der Waals surface area contributed by atoms with Crippen LogP contribution in [0, 0.1) is 12.7 Å². The number of carbonyl (C=O) groups is 1. The lowest BCUT2D eigenvalue weighted by Gasteiger charge is -2.03. The smallest absolute Gasteiger partial charge is 0.153 e. The Balaban J connectivity index is 2.68. The molecule has 3 heteroatoms. The summed E-state index contributed by atoms with van der Waals surface area (Å²) >= 11 is 0. The van der Waals surface area contributed by atoms with Crippen LogP contribution in [0.1, 0.15) is 15.9 Å². The van der Waals surface area contributed by atoms with Gasteiger partial charge in [0.1, 0.15) is 5.82 Å². The van der Waals surface area contributed by atoms with Crippen LogP contribution in [0.4, 0.5) is 4.39 Å². The number of halogens is 1. The number of aldehydes is 1. The first-order valence-electron chi connectivity index (χ1n) is 4.51. The zero-order valence-corrected chi connectivity index (χ0v) is 8.16. The number of hydrogen-bond acceptors (Lipinski definition) is 2. The summed E-state index contributed by atoms with van der Waals surface area (Å²) in [5.41, 5.74) is 2.26. The van der Waals surface area contributed by atoms with Gasteiger partial charge in [0.15, 0.2) is 6.29 Å². The van der Waals surface area contributed by atoms with Crippen molar-refractivity contribution in [3.63, 3.8) is 0 Å². The maximum absolute atomic E-state index is 13.3. The van der Waals surface area contributed by atoms with Gasteiger partial charge in [0, 0.05) is 5.56 Å². The molecule has 0 amide bonds. The Hall–Kier alpha value is -1.90. The van der Waals surface area contributed by atoms with Crippen molar-refractivity contribution >= 4 is 6.29 Å². The first kappa shape index (κ1) is 9.65. The zero-order valence-electron chi connectivity index (χ0n) is 8.16. The summed E-state index contributed by atoms with van der Waals surface area (Å²) in [6.45, 7) is 1.85. The Labute approximate surface area is 86.3 Å². The van der Waals surface area contributed by atoms with E-state index in [1.54, 1.807) is 18.4 Å². The standard InChI is InChI=1S/C12H9FO2/c1-8-6-15-7-11(8)9-3-2-4-12(13)10(9)5-14/h2-7H,1H3. The Morgan fingerprint density at radius 3 is 2.67 bits per heavy atom. The van der Waals surface area contributed by atoms with Gasteiger partial charge in [-0.25, -0.2) is 4.39 Å². The lowest BCUT2D eigenvalue weighted by molar-refractivity contribution is 0.112. The highest BCUT2D eigenvalue weighted by molar-refractivity contribution is 5.88. The molecule has 0 saturated carbocycles. The van der Waals surface area contributed by atoms with E-state index in [1.165, 1.54) is 12.3 Å². The average molecular weight is 204 g/mol.